The first-order valence-electron chi connectivity index (χ1n) is 6.73. The summed E-state index contributed by atoms with van der Waals surface area (Å²) in [4.78, 5) is 0. The topological polar surface area (TPSA) is 49.7 Å². The number of aliphatic hydroxyl groups is 2. The van der Waals surface area contributed by atoms with Gasteiger partial charge in [-0.1, -0.05) is 48.5 Å². The molecule has 0 amide bonds. The van der Waals surface area contributed by atoms with E-state index in [4.69, 9.17) is 9.84 Å². The van der Waals surface area contributed by atoms with Crippen LogP contribution in [0.1, 0.15) is 18.1 Å². The summed E-state index contributed by atoms with van der Waals surface area (Å²) in [5, 5.41) is 19.5. The Morgan fingerprint density at radius 2 is 1.65 bits per heavy atom. The van der Waals surface area contributed by atoms with E-state index in [1.54, 1.807) is 6.92 Å². The Kier molecular flexibility index (Phi) is 4.77. The molecule has 106 valence electrons. The summed E-state index contributed by atoms with van der Waals surface area (Å²) in [6.07, 6.45) is 0.545. The number of aliphatic hydroxyl groups excluding tert-OH is 1. The van der Waals surface area contributed by atoms with Crippen molar-refractivity contribution in [1.82, 2.24) is 0 Å². The van der Waals surface area contributed by atoms with Crippen molar-refractivity contribution >= 4 is 0 Å². The average Bonchev–Trinajstić information content (AvgIpc) is 2.48. The molecule has 3 heteroatoms. The molecule has 0 radical (unpaired) electrons. The Balaban J connectivity index is 2.08. The predicted octanol–water partition coefficient (Wildman–Crippen LogP) is 2.51. The van der Waals surface area contributed by atoms with Gasteiger partial charge in [-0.3, -0.25) is 0 Å². The molecule has 0 heterocycles. The number of hydrogen-bond acceptors (Lipinski definition) is 3. The fourth-order valence-corrected chi connectivity index (χ4v) is 2.07. The standard InChI is InChI=1S/C17H20O3/c1-17(19,15-8-3-2-4-9-15)13-20-16-10-6-5-7-14(16)11-12-18/h2-10,18-19H,11-13H2,1H3. The molecule has 0 saturated heterocycles. The normalized spacial score (nSPS) is 13.8. The zero-order valence-corrected chi connectivity index (χ0v) is 11.6. The smallest absolute Gasteiger partial charge is 0.122 e. The molecule has 0 aliphatic heterocycles. The third-order valence-electron chi connectivity index (χ3n) is 3.26. The molecule has 2 aromatic rings. The van der Waals surface area contributed by atoms with Gasteiger partial charge in [0.15, 0.2) is 0 Å². The SMILES string of the molecule is CC(O)(COc1ccccc1CCO)c1ccccc1. The van der Waals surface area contributed by atoms with Crippen molar-refractivity contribution in [2.75, 3.05) is 13.2 Å². The van der Waals surface area contributed by atoms with Gasteiger partial charge in [0.25, 0.3) is 0 Å². The highest BCUT2D eigenvalue weighted by molar-refractivity contribution is 5.33. The molecule has 1 atom stereocenters. The van der Waals surface area contributed by atoms with Gasteiger partial charge in [-0.15, -0.1) is 0 Å². The molecule has 0 aromatic heterocycles. The van der Waals surface area contributed by atoms with Crippen LogP contribution in [0.3, 0.4) is 0 Å². The summed E-state index contributed by atoms with van der Waals surface area (Å²) < 4.78 is 5.75. The molecule has 2 rings (SSSR count). The summed E-state index contributed by atoms with van der Waals surface area (Å²) in [7, 11) is 0. The van der Waals surface area contributed by atoms with Crippen LogP contribution in [0.15, 0.2) is 54.6 Å². The highest BCUT2D eigenvalue weighted by Gasteiger charge is 2.24. The van der Waals surface area contributed by atoms with Gasteiger partial charge in [-0.05, 0) is 30.5 Å². The quantitative estimate of drug-likeness (QED) is 0.849. The van der Waals surface area contributed by atoms with Crippen LogP contribution in [-0.4, -0.2) is 23.4 Å². The van der Waals surface area contributed by atoms with Gasteiger partial charge in [0.1, 0.15) is 18.0 Å². The fourth-order valence-electron chi connectivity index (χ4n) is 2.07. The first-order chi connectivity index (χ1) is 9.63. The maximum Gasteiger partial charge on any atom is 0.122 e. The van der Waals surface area contributed by atoms with E-state index in [0.717, 1.165) is 11.1 Å². The molecule has 0 saturated carbocycles. The minimum absolute atomic E-state index is 0.0788. The van der Waals surface area contributed by atoms with Crippen LogP contribution in [0.2, 0.25) is 0 Å². The van der Waals surface area contributed by atoms with Crippen LogP contribution >= 0.6 is 0 Å². The van der Waals surface area contributed by atoms with Crippen molar-refractivity contribution in [3.63, 3.8) is 0 Å². The van der Waals surface area contributed by atoms with Gasteiger partial charge in [0.2, 0.25) is 0 Å². The Morgan fingerprint density at radius 1 is 1.00 bits per heavy atom. The lowest BCUT2D eigenvalue weighted by Crippen LogP contribution is -2.29. The minimum Gasteiger partial charge on any atom is -0.490 e. The minimum atomic E-state index is -1.05. The van der Waals surface area contributed by atoms with E-state index in [9.17, 15) is 5.11 Å². The number of benzene rings is 2. The largest absolute Gasteiger partial charge is 0.490 e. The Labute approximate surface area is 119 Å². The van der Waals surface area contributed by atoms with Crippen LogP contribution in [0, 0.1) is 0 Å². The Hall–Kier alpha value is -1.84. The summed E-state index contributed by atoms with van der Waals surface area (Å²) in [6, 6.07) is 17.0. The van der Waals surface area contributed by atoms with Crippen molar-refractivity contribution in [3.05, 3.63) is 65.7 Å². The number of para-hydroxylation sites is 1. The second-order valence-electron chi connectivity index (χ2n) is 5.01. The number of ether oxygens (including phenoxy) is 1. The maximum atomic E-state index is 10.5. The van der Waals surface area contributed by atoms with Gasteiger partial charge in [0.05, 0.1) is 0 Å². The van der Waals surface area contributed by atoms with E-state index in [2.05, 4.69) is 0 Å². The summed E-state index contributed by atoms with van der Waals surface area (Å²) >= 11 is 0. The van der Waals surface area contributed by atoms with Gasteiger partial charge < -0.3 is 14.9 Å². The molecule has 3 nitrogen and oxygen atoms in total. The van der Waals surface area contributed by atoms with Gasteiger partial charge >= 0.3 is 0 Å². The van der Waals surface area contributed by atoms with Crippen molar-refractivity contribution in [3.8, 4) is 5.75 Å². The molecule has 0 aliphatic rings. The lowest BCUT2D eigenvalue weighted by molar-refractivity contribution is 0.00726. The first kappa shape index (κ1) is 14.6. The fraction of sp³-hybridized carbons (Fsp3) is 0.294. The zero-order valence-electron chi connectivity index (χ0n) is 11.6. The van der Waals surface area contributed by atoms with Crippen molar-refractivity contribution < 1.29 is 14.9 Å². The molecular formula is C17H20O3. The second kappa shape index (κ2) is 6.55. The Bertz CT molecular complexity index is 535. The predicted molar refractivity (Wildman–Crippen MR) is 78.7 cm³/mol. The van der Waals surface area contributed by atoms with Crippen LogP contribution < -0.4 is 4.74 Å². The third-order valence-corrected chi connectivity index (χ3v) is 3.26. The molecular weight excluding hydrogens is 252 g/mol. The molecule has 2 aromatic carbocycles. The van der Waals surface area contributed by atoms with E-state index in [-0.39, 0.29) is 13.2 Å². The molecule has 1 unspecified atom stereocenters. The van der Waals surface area contributed by atoms with Gasteiger partial charge in [-0.2, -0.15) is 0 Å². The van der Waals surface area contributed by atoms with Crippen molar-refractivity contribution in [2.24, 2.45) is 0 Å². The highest BCUT2D eigenvalue weighted by Crippen LogP contribution is 2.24. The van der Waals surface area contributed by atoms with Crippen molar-refractivity contribution in [2.45, 2.75) is 18.9 Å². The zero-order chi connectivity index (χ0) is 14.4. The lowest BCUT2D eigenvalue weighted by atomic mass is 9.97. The van der Waals surface area contributed by atoms with E-state index < -0.39 is 5.60 Å². The van der Waals surface area contributed by atoms with E-state index in [1.165, 1.54) is 0 Å². The summed E-state index contributed by atoms with van der Waals surface area (Å²) in [5.41, 5.74) is 0.714. The van der Waals surface area contributed by atoms with Gasteiger partial charge in [-0.25, -0.2) is 0 Å². The third kappa shape index (κ3) is 3.59. The molecule has 20 heavy (non-hydrogen) atoms. The molecule has 0 bridgehead atoms. The van der Waals surface area contributed by atoms with E-state index >= 15 is 0 Å². The first-order valence-corrected chi connectivity index (χ1v) is 6.73. The monoisotopic (exact) mass is 272 g/mol. The maximum absolute atomic E-state index is 10.5. The average molecular weight is 272 g/mol. The summed E-state index contributed by atoms with van der Waals surface area (Å²) in [6.45, 7) is 1.98. The van der Waals surface area contributed by atoms with Crippen molar-refractivity contribution in [1.29, 1.82) is 0 Å². The van der Waals surface area contributed by atoms with Crippen LogP contribution in [0.25, 0.3) is 0 Å². The van der Waals surface area contributed by atoms with E-state index in [1.807, 2.05) is 54.6 Å². The van der Waals surface area contributed by atoms with Gasteiger partial charge in [0, 0.05) is 6.61 Å². The molecule has 0 aliphatic carbocycles. The Morgan fingerprint density at radius 3 is 2.35 bits per heavy atom. The lowest BCUT2D eigenvalue weighted by Gasteiger charge is -2.24. The van der Waals surface area contributed by atoms with E-state index in [0.29, 0.717) is 12.2 Å². The number of rotatable bonds is 6. The van der Waals surface area contributed by atoms with Crippen LogP contribution in [0.4, 0.5) is 0 Å². The number of hydrogen-bond donors (Lipinski definition) is 2. The highest BCUT2D eigenvalue weighted by atomic mass is 16.5. The molecule has 2 N–H and O–H groups in total. The van der Waals surface area contributed by atoms with Crippen LogP contribution in [0.5, 0.6) is 5.75 Å². The second-order valence-corrected chi connectivity index (χ2v) is 5.01. The molecule has 0 fully saturated rings. The summed E-state index contributed by atoms with van der Waals surface area (Å²) in [5.74, 6) is 0.706. The van der Waals surface area contributed by atoms with Crippen LogP contribution in [-0.2, 0) is 12.0 Å². The molecule has 0 spiro atoms.